The van der Waals surface area contributed by atoms with Crippen molar-refractivity contribution in [2.24, 2.45) is 0 Å². The number of carbonyl (C=O) groups is 1. The molecule has 2 rings (SSSR count). The predicted molar refractivity (Wildman–Crippen MR) is 95.2 cm³/mol. The summed E-state index contributed by atoms with van der Waals surface area (Å²) < 4.78 is 31.5. The van der Waals surface area contributed by atoms with E-state index in [0.29, 0.717) is 17.1 Å². The van der Waals surface area contributed by atoms with Crippen molar-refractivity contribution in [1.29, 1.82) is 0 Å². The van der Waals surface area contributed by atoms with Gasteiger partial charge in [0.2, 0.25) is 15.9 Å². The Hall–Kier alpha value is -2.45. The molecule has 1 aromatic carbocycles. The van der Waals surface area contributed by atoms with Gasteiger partial charge in [0.05, 0.1) is 18.6 Å². The fraction of sp³-hybridized carbons (Fsp3) is 0.294. The molecule has 0 spiro atoms. The number of ether oxygens (including phenoxy) is 1. The van der Waals surface area contributed by atoms with Crippen molar-refractivity contribution >= 4 is 21.7 Å². The zero-order chi connectivity index (χ0) is 18.6. The van der Waals surface area contributed by atoms with Crippen molar-refractivity contribution in [2.75, 3.05) is 26.0 Å². The number of nitrogens with zero attached hydrogens (tertiary/aromatic N) is 2. The lowest BCUT2D eigenvalue weighted by atomic mass is 10.2. The summed E-state index contributed by atoms with van der Waals surface area (Å²) in [6.07, 6.45) is 1.58. The first-order valence-corrected chi connectivity index (χ1v) is 9.01. The number of amides is 1. The van der Waals surface area contributed by atoms with Gasteiger partial charge in [-0.3, -0.25) is 4.79 Å². The van der Waals surface area contributed by atoms with E-state index in [-0.39, 0.29) is 11.4 Å². The summed E-state index contributed by atoms with van der Waals surface area (Å²) in [5.74, 6) is 0.495. The van der Waals surface area contributed by atoms with Crippen LogP contribution in [-0.2, 0) is 14.8 Å². The standard InChI is InChI=1S/C17H21N3O4S/c1-12-7-8-18-16(9-12)19-17(21)11-20(3)25(22,23)15-6-5-14(24-4)10-13(15)2/h5-10H,11H2,1-4H3,(H,18,19,21). The average molecular weight is 363 g/mol. The van der Waals surface area contributed by atoms with E-state index in [1.807, 2.05) is 6.92 Å². The van der Waals surface area contributed by atoms with Crippen LogP contribution in [0.5, 0.6) is 5.75 Å². The lowest BCUT2D eigenvalue weighted by molar-refractivity contribution is -0.116. The molecule has 1 aromatic heterocycles. The van der Waals surface area contributed by atoms with Gasteiger partial charge in [0, 0.05) is 13.2 Å². The van der Waals surface area contributed by atoms with Crippen molar-refractivity contribution in [2.45, 2.75) is 18.7 Å². The first-order chi connectivity index (χ1) is 11.7. The molecule has 0 saturated carbocycles. The van der Waals surface area contributed by atoms with Crippen LogP contribution in [0.3, 0.4) is 0 Å². The van der Waals surface area contributed by atoms with E-state index in [0.717, 1.165) is 9.87 Å². The highest BCUT2D eigenvalue weighted by Crippen LogP contribution is 2.23. The fourth-order valence-electron chi connectivity index (χ4n) is 2.28. The quantitative estimate of drug-likeness (QED) is 0.848. The number of likely N-dealkylation sites (N-methyl/N-ethyl adjacent to an activating group) is 1. The second-order valence-corrected chi connectivity index (χ2v) is 7.67. The number of anilines is 1. The number of carbonyl (C=O) groups excluding carboxylic acids is 1. The Morgan fingerprint density at radius 1 is 1.24 bits per heavy atom. The molecule has 0 radical (unpaired) electrons. The molecular weight excluding hydrogens is 342 g/mol. The molecule has 2 aromatic rings. The number of nitrogens with one attached hydrogen (secondary N) is 1. The second-order valence-electron chi connectivity index (χ2n) is 5.66. The largest absolute Gasteiger partial charge is 0.497 e. The number of hydrogen-bond acceptors (Lipinski definition) is 5. The summed E-state index contributed by atoms with van der Waals surface area (Å²) in [6, 6.07) is 8.20. The monoisotopic (exact) mass is 363 g/mol. The minimum atomic E-state index is -3.79. The first-order valence-electron chi connectivity index (χ1n) is 7.57. The van der Waals surface area contributed by atoms with E-state index >= 15 is 0 Å². The predicted octanol–water partition coefficient (Wildman–Crippen LogP) is 1.97. The Labute approximate surface area is 147 Å². The minimum absolute atomic E-state index is 0.136. The topological polar surface area (TPSA) is 88.6 Å². The number of aromatic nitrogens is 1. The SMILES string of the molecule is COc1ccc(S(=O)(=O)N(C)CC(=O)Nc2cc(C)ccn2)c(C)c1. The number of sulfonamides is 1. The molecule has 25 heavy (non-hydrogen) atoms. The summed E-state index contributed by atoms with van der Waals surface area (Å²) in [7, 11) is -0.918. The number of rotatable bonds is 6. The Kier molecular flexibility index (Phi) is 5.76. The number of pyridine rings is 1. The summed E-state index contributed by atoms with van der Waals surface area (Å²) in [5.41, 5.74) is 1.49. The maximum atomic E-state index is 12.7. The van der Waals surface area contributed by atoms with Gasteiger partial charge in [-0.05, 0) is 55.3 Å². The van der Waals surface area contributed by atoms with Gasteiger partial charge < -0.3 is 10.1 Å². The molecule has 8 heteroatoms. The normalized spacial score (nSPS) is 11.4. The Morgan fingerprint density at radius 2 is 1.96 bits per heavy atom. The van der Waals surface area contributed by atoms with Gasteiger partial charge in [0.15, 0.2) is 0 Å². The molecule has 0 atom stereocenters. The molecule has 7 nitrogen and oxygen atoms in total. The van der Waals surface area contributed by atoms with E-state index < -0.39 is 15.9 Å². The van der Waals surface area contributed by atoms with Gasteiger partial charge >= 0.3 is 0 Å². The fourth-order valence-corrected chi connectivity index (χ4v) is 3.61. The molecule has 0 bridgehead atoms. The Bertz CT molecular complexity index is 881. The molecular formula is C17H21N3O4S. The van der Waals surface area contributed by atoms with Crippen LogP contribution < -0.4 is 10.1 Å². The van der Waals surface area contributed by atoms with E-state index in [2.05, 4.69) is 10.3 Å². The lowest BCUT2D eigenvalue weighted by Crippen LogP contribution is -2.35. The van der Waals surface area contributed by atoms with Gasteiger partial charge in [-0.2, -0.15) is 4.31 Å². The summed E-state index contributed by atoms with van der Waals surface area (Å²) in [5, 5.41) is 2.59. The van der Waals surface area contributed by atoms with E-state index in [1.54, 1.807) is 37.4 Å². The van der Waals surface area contributed by atoms with Gasteiger partial charge in [0.25, 0.3) is 0 Å². The Balaban J connectivity index is 2.13. The highest BCUT2D eigenvalue weighted by molar-refractivity contribution is 7.89. The summed E-state index contributed by atoms with van der Waals surface area (Å²) >= 11 is 0. The molecule has 0 aliphatic rings. The summed E-state index contributed by atoms with van der Waals surface area (Å²) in [4.78, 5) is 16.3. The maximum Gasteiger partial charge on any atom is 0.243 e. The molecule has 0 aliphatic carbocycles. The molecule has 134 valence electrons. The number of benzene rings is 1. The van der Waals surface area contributed by atoms with Crippen LogP contribution >= 0.6 is 0 Å². The number of methoxy groups -OCH3 is 1. The molecule has 0 saturated heterocycles. The van der Waals surface area contributed by atoms with Crippen molar-refractivity contribution in [1.82, 2.24) is 9.29 Å². The van der Waals surface area contributed by atoms with E-state index in [4.69, 9.17) is 4.74 Å². The van der Waals surface area contributed by atoms with Gasteiger partial charge in [0.1, 0.15) is 11.6 Å². The highest BCUT2D eigenvalue weighted by Gasteiger charge is 2.25. The molecule has 0 unspecified atom stereocenters. The van der Waals surface area contributed by atoms with Crippen molar-refractivity contribution < 1.29 is 17.9 Å². The van der Waals surface area contributed by atoms with Gasteiger partial charge in [-0.1, -0.05) is 0 Å². The lowest BCUT2D eigenvalue weighted by Gasteiger charge is -2.18. The van der Waals surface area contributed by atoms with Crippen molar-refractivity contribution in [3.05, 3.63) is 47.7 Å². The zero-order valence-electron chi connectivity index (χ0n) is 14.6. The molecule has 1 amide bonds. The van der Waals surface area contributed by atoms with Crippen LogP contribution in [0.4, 0.5) is 5.82 Å². The third kappa shape index (κ3) is 4.55. The third-order valence-corrected chi connectivity index (χ3v) is 5.58. The average Bonchev–Trinajstić information content (AvgIpc) is 2.54. The third-order valence-electron chi connectivity index (χ3n) is 3.62. The molecule has 0 aliphatic heterocycles. The van der Waals surface area contributed by atoms with Crippen LogP contribution in [0.25, 0.3) is 0 Å². The smallest absolute Gasteiger partial charge is 0.243 e. The van der Waals surface area contributed by atoms with Crippen LogP contribution in [0.2, 0.25) is 0 Å². The molecule has 0 fully saturated rings. The van der Waals surface area contributed by atoms with Gasteiger partial charge in [-0.15, -0.1) is 0 Å². The van der Waals surface area contributed by atoms with E-state index in [1.165, 1.54) is 20.2 Å². The minimum Gasteiger partial charge on any atom is -0.497 e. The Morgan fingerprint density at radius 3 is 2.56 bits per heavy atom. The second kappa shape index (κ2) is 7.62. The van der Waals surface area contributed by atoms with Crippen molar-refractivity contribution in [3.8, 4) is 5.75 Å². The van der Waals surface area contributed by atoms with Crippen LogP contribution in [0, 0.1) is 13.8 Å². The van der Waals surface area contributed by atoms with E-state index in [9.17, 15) is 13.2 Å². The molecule has 1 N–H and O–H groups in total. The van der Waals surface area contributed by atoms with Crippen LogP contribution in [0.1, 0.15) is 11.1 Å². The zero-order valence-corrected chi connectivity index (χ0v) is 15.4. The number of aryl methyl sites for hydroxylation is 2. The molecule has 1 heterocycles. The van der Waals surface area contributed by atoms with Crippen LogP contribution in [-0.4, -0.2) is 44.3 Å². The highest BCUT2D eigenvalue weighted by atomic mass is 32.2. The van der Waals surface area contributed by atoms with Gasteiger partial charge in [-0.25, -0.2) is 13.4 Å². The maximum absolute atomic E-state index is 12.7. The van der Waals surface area contributed by atoms with Crippen molar-refractivity contribution in [3.63, 3.8) is 0 Å². The first kappa shape index (κ1) is 18.9. The number of hydrogen-bond donors (Lipinski definition) is 1. The summed E-state index contributed by atoms with van der Waals surface area (Å²) in [6.45, 7) is 3.24. The van der Waals surface area contributed by atoms with Crippen LogP contribution in [0.15, 0.2) is 41.4 Å².